The third kappa shape index (κ3) is 4.01. The second-order valence-electron chi connectivity index (χ2n) is 6.46. The summed E-state index contributed by atoms with van der Waals surface area (Å²) in [5.74, 6) is -0.498. The van der Waals surface area contributed by atoms with E-state index in [1.165, 1.54) is 12.5 Å². The van der Waals surface area contributed by atoms with Gasteiger partial charge in [0.1, 0.15) is 11.6 Å². The van der Waals surface area contributed by atoms with E-state index in [9.17, 15) is 8.78 Å². The fourth-order valence-electron chi connectivity index (χ4n) is 3.46. The molecule has 1 aliphatic heterocycles. The van der Waals surface area contributed by atoms with E-state index in [1.54, 1.807) is 6.07 Å². The third-order valence-electron chi connectivity index (χ3n) is 4.34. The molecule has 0 aliphatic carbocycles. The first-order chi connectivity index (χ1) is 10.0. The molecule has 1 aromatic rings. The van der Waals surface area contributed by atoms with E-state index in [2.05, 4.69) is 18.7 Å². The maximum Gasteiger partial charge on any atom is 0.129 e. The molecule has 0 bridgehead atoms. The summed E-state index contributed by atoms with van der Waals surface area (Å²) >= 11 is 0. The number of hydrogen-bond acceptors (Lipinski definition) is 2. The van der Waals surface area contributed by atoms with Crippen molar-refractivity contribution in [3.8, 4) is 0 Å². The SMILES string of the molecule is CC(C)CN1CCCCC1C(CN)c1ccc(F)cc1F. The first-order valence-electron chi connectivity index (χ1n) is 7.92. The molecule has 2 atom stereocenters. The second kappa shape index (κ2) is 7.32. The van der Waals surface area contributed by atoms with E-state index in [-0.39, 0.29) is 12.0 Å². The molecule has 1 heterocycles. The molecule has 0 aromatic heterocycles. The Labute approximate surface area is 126 Å². The van der Waals surface area contributed by atoms with Crippen molar-refractivity contribution >= 4 is 0 Å². The summed E-state index contributed by atoms with van der Waals surface area (Å²) in [4.78, 5) is 2.44. The average Bonchev–Trinajstić information content (AvgIpc) is 2.43. The van der Waals surface area contributed by atoms with Crippen LogP contribution in [0, 0.1) is 17.6 Å². The van der Waals surface area contributed by atoms with Gasteiger partial charge in [-0.2, -0.15) is 0 Å². The standard InChI is InChI=1S/C17H26F2N2/c1-12(2)11-21-8-4-3-5-17(21)15(10-20)14-7-6-13(18)9-16(14)19/h6-7,9,12,15,17H,3-5,8,10-11,20H2,1-2H3. The lowest BCUT2D eigenvalue weighted by Gasteiger charge is -2.41. The lowest BCUT2D eigenvalue weighted by molar-refractivity contribution is 0.111. The zero-order valence-electron chi connectivity index (χ0n) is 13.0. The smallest absolute Gasteiger partial charge is 0.129 e. The zero-order chi connectivity index (χ0) is 15.4. The van der Waals surface area contributed by atoms with E-state index in [1.807, 2.05) is 0 Å². The van der Waals surface area contributed by atoms with Crippen LogP contribution in [0.1, 0.15) is 44.6 Å². The minimum absolute atomic E-state index is 0.0651. The van der Waals surface area contributed by atoms with Crippen molar-refractivity contribution in [2.24, 2.45) is 11.7 Å². The van der Waals surface area contributed by atoms with Crippen molar-refractivity contribution in [1.82, 2.24) is 4.90 Å². The van der Waals surface area contributed by atoms with Crippen molar-refractivity contribution in [1.29, 1.82) is 0 Å². The van der Waals surface area contributed by atoms with Crippen molar-refractivity contribution in [3.63, 3.8) is 0 Å². The van der Waals surface area contributed by atoms with Crippen LogP contribution in [0.4, 0.5) is 8.78 Å². The highest BCUT2D eigenvalue weighted by molar-refractivity contribution is 5.25. The van der Waals surface area contributed by atoms with Crippen molar-refractivity contribution < 1.29 is 8.78 Å². The molecule has 2 rings (SSSR count). The largest absolute Gasteiger partial charge is 0.330 e. The third-order valence-corrected chi connectivity index (χ3v) is 4.34. The number of hydrogen-bond donors (Lipinski definition) is 1. The van der Waals surface area contributed by atoms with Gasteiger partial charge in [0.05, 0.1) is 0 Å². The highest BCUT2D eigenvalue weighted by Crippen LogP contribution is 2.32. The van der Waals surface area contributed by atoms with Gasteiger partial charge in [0.2, 0.25) is 0 Å². The molecule has 0 spiro atoms. The Balaban J connectivity index is 2.25. The van der Waals surface area contributed by atoms with Crippen molar-refractivity contribution in [2.75, 3.05) is 19.6 Å². The fraction of sp³-hybridized carbons (Fsp3) is 0.647. The van der Waals surface area contributed by atoms with Crippen LogP contribution >= 0.6 is 0 Å². The molecule has 1 saturated heterocycles. The molecule has 0 amide bonds. The summed E-state index contributed by atoms with van der Waals surface area (Å²) in [5.41, 5.74) is 6.50. The Kier molecular flexibility index (Phi) is 5.71. The summed E-state index contributed by atoms with van der Waals surface area (Å²) in [6.45, 7) is 6.83. The summed E-state index contributed by atoms with van der Waals surface area (Å²) in [6, 6.07) is 4.11. The molecule has 1 aliphatic rings. The number of rotatable bonds is 5. The van der Waals surface area contributed by atoms with Gasteiger partial charge in [-0.15, -0.1) is 0 Å². The lowest BCUT2D eigenvalue weighted by atomic mass is 9.84. The van der Waals surface area contributed by atoms with Crippen LogP contribution in [0.5, 0.6) is 0 Å². The fourth-order valence-corrected chi connectivity index (χ4v) is 3.46. The number of halogens is 2. The Morgan fingerprint density at radius 3 is 2.67 bits per heavy atom. The monoisotopic (exact) mass is 296 g/mol. The highest BCUT2D eigenvalue weighted by Gasteiger charge is 2.31. The van der Waals surface area contributed by atoms with Gasteiger partial charge in [0, 0.05) is 31.1 Å². The maximum absolute atomic E-state index is 14.1. The molecule has 0 saturated carbocycles. The lowest BCUT2D eigenvalue weighted by Crippen LogP contribution is -2.46. The molecular formula is C17H26F2N2. The molecular weight excluding hydrogens is 270 g/mol. The number of benzene rings is 1. The molecule has 1 aromatic carbocycles. The highest BCUT2D eigenvalue weighted by atomic mass is 19.1. The van der Waals surface area contributed by atoms with Crippen LogP contribution < -0.4 is 5.73 Å². The van der Waals surface area contributed by atoms with Crippen molar-refractivity contribution in [2.45, 2.75) is 45.1 Å². The molecule has 21 heavy (non-hydrogen) atoms. The van der Waals surface area contributed by atoms with Crippen LogP contribution in [-0.4, -0.2) is 30.6 Å². The molecule has 2 nitrogen and oxygen atoms in total. The molecule has 2 unspecified atom stereocenters. The van der Waals surface area contributed by atoms with Crippen LogP contribution in [0.2, 0.25) is 0 Å². The van der Waals surface area contributed by atoms with E-state index in [0.717, 1.165) is 32.0 Å². The Morgan fingerprint density at radius 2 is 2.05 bits per heavy atom. The van der Waals surface area contributed by atoms with E-state index >= 15 is 0 Å². The van der Waals surface area contributed by atoms with Gasteiger partial charge in [0.15, 0.2) is 0 Å². The zero-order valence-corrected chi connectivity index (χ0v) is 13.0. The summed E-state index contributed by atoms with van der Waals surface area (Å²) in [6.07, 6.45) is 3.37. The first-order valence-corrected chi connectivity index (χ1v) is 7.92. The maximum atomic E-state index is 14.1. The van der Waals surface area contributed by atoms with Crippen LogP contribution in [0.3, 0.4) is 0 Å². The number of nitrogens with two attached hydrogens (primary N) is 1. The predicted octanol–water partition coefficient (Wildman–Crippen LogP) is 3.52. The Bertz CT molecular complexity index is 462. The second-order valence-corrected chi connectivity index (χ2v) is 6.46. The molecule has 2 N–H and O–H groups in total. The Hall–Kier alpha value is -1.00. The quantitative estimate of drug-likeness (QED) is 0.901. The summed E-state index contributed by atoms with van der Waals surface area (Å²) in [5, 5.41) is 0. The van der Waals surface area contributed by atoms with E-state index in [0.29, 0.717) is 18.0 Å². The normalized spacial score (nSPS) is 21.7. The van der Waals surface area contributed by atoms with Crippen molar-refractivity contribution in [3.05, 3.63) is 35.4 Å². The summed E-state index contributed by atoms with van der Waals surface area (Å²) in [7, 11) is 0. The molecule has 118 valence electrons. The van der Waals surface area contributed by atoms with E-state index in [4.69, 9.17) is 5.73 Å². The number of piperidine rings is 1. The van der Waals surface area contributed by atoms with Gasteiger partial charge in [-0.3, -0.25) is 4.90 Å². The molecule has 4 heteroatoms. The molecule has 0 radical (unpaired) electrons. The van der Waals surface area contributed by atoms with Gasteiger partial charge < -0.3 is 5.73 Å². The van der Waals surface area contributed by atoms with Gasteiger partial charge in [-0.25, -0.2) is 8.78 Å². The van der Waals surface area contributed by atoms with E-state index < -0.39 is 11.6 Å². The van der Waals surface area contributed by atoms with Crippen LogP contribution in [0.25, 0.3) is 0 Å². The van der Waals surface area contributed by atoms with Crippen LogP contribution in [0.15, 0.2) is 18.2 Å². The van der Waals surface area contributed by atoms with Crippen LogP contribution in [-0.2, 0) is 0 Å². The molecule has 1 fully saturated rings. The van der Waals surface area contributed by atoms with Gasteiger partial charge in [0.25, 0.3) is 0 Å². The topological polar surface area (TPSA) is 29.3 Å². The minimum atomic E-state index is -0.533. The average molecular weight is 296 g/mol. The van der Waals surface area contributed by atoms with Gasteiger partial charge >= 0.3 is 0 Å². The predicted molar refractivity (Wildman–Crippen MR) is 82.2 cm³/mol. The number of nitrogens with zero attached hydrogens (tertiary/aromatic N) is 1. The van der Waals surface area contributed by atoms with Gasteiger partial charge in [-0.1, -0.05) is 26.3 Å². The minimum Gasteiger partial charge on any atom is -0.330 e. The number of likely N-dealkylation sites (tertiary alicyclic amines) is 1. The first kappa shape index (κ1) is 16.4. The Morgan fingerprint density at radius 1 is 1.29 bits per heavy atom. The van der Waals surface area contributed by atoms with Gasteiger partial charge in [-0.05, 0) is 36.9 Å². The summed E-state index contributed by atoms with van der Waals surface area (Å²) < 4.78 is 27.2.